The summed E-state index contributed by atoms with van der Waals surface area (Å²) in [5.41, 5.74) is 1.05. The van der Waals surface area contributed by atoms with Crippen molar-refractivity contribution in [2.24, 2.45) is 0 Å². The summed E-state index contributed by atoms with van der Waals surface area (Å²) in [6.07, 6.45) is 1.95. The van der Waals surface area contributed by atoms with Crippen LogP contribution in [0.3, 0.4) is 0 Å². The van der Waals surface area contributed by atoms with E-state index >= 15 is 0 Å². The molecule has 1 aromatic carbocycles. The van der Waals surface area contributed by atoms with E-state index in [9.17, 15) is 0 Å². The summed E-state index contributed by atoms with van der Waals surface area (Å²) < 4.78 is 6.29. The first kappa shape index (κ1) is 9.21. The Morgan fingerprint density at radius 1 is 1.43 bits per heavy atom. The van der Waals surface area contributed by atoms with E-state index in [-0.39, 0.29) is 0 Å². The van der Waals surface area contributed by atoms with Crippen LogP contribution in [0.4, 0.5) is 0 Å². The van der Waals surface area contributed by atoms with Crippen LogP contribution in [-0.2, 0) is 4.74 Å². The van der Waals surface area contributed by atoms with Gasteiger partial charge in [0.25, 0.3) is 0 Å². The third-order valence-electron chi connectivity index (χ3n) is 1.96. The number of allylic oxidation sites excluding steroid dienone is 1. The Balaban J connectivity index is 2.45. The molecule has 0 N–H and O–H groups in total. The SMILES string of the molecule is CO/C(C)=C\c1nc2ccccc2s1. The van der Waals surface area contributed by atoms with Crippen LogP contribution in [0.1, 0.15) is 11.9 Å². The normalized spacial score (nSPS) is 12.0. The second-order valence-corrected chi connectivity index (χ2v) is 4.04. The molecule has 0 aliphatic heterocycles. The zero-order valence-electron chi connectivity index (χ0n) is 8.15. The number of hydrogen-bond acceptors (Lipinski definition) is 3. The number of benzene rings is 1. The maximum absolute atomic E-state index is 5.08. The van der Waals surface area contributed by atoms with Gasteiger partial charge in [-0.3, -0.25) is 0 Å². The first-order valence-corrected chi connectivity index (χ1v) is 5.19. The summed E-state index contributed by atoms with van der Waals surface area (Å²) in [6.45, 7) is 1.92. The summed E-state index contributed by atoms with van der Waals surface area (Å²) in [5.74, 6) is 0.879. The van der Waals surface area contributed by atoms with E-state index in [2.05, 4.69) is 11.1 Å². The molecule has 1 heterocycles. The molecule has 0 spiro atoms. The molecule has 0 aliphatic carbocycles. The van der Waals surface area contributed by atoms with Crippen LogP contribution in [0.2, 0.25) is 0 Å². The molecule has 0 saturated heterocycles. The van der Waals surface area contributed by atoms with Gasteiger partial charge in [0, 0.05) is 6.08 Å². The van der Waals surface area contributed by atoms with Crippen molar-refractivity contribution in [1.29, 1.82) is 0 Å². The van der Waals surface area contributed by atoms with Crippen molar-refractivity contribution in [2.45, 2.75) is 6.92 Å². The van der Waals surface area contributed by atoms with E-state index in [0.29, 0.717) is 0 Å². The fraction of sp³-hybridized carbons (Fsp3) is 0.182. The van der Waals surface area contributed by atoms with Gasteiger partial charge in [0.15, 0.2) is 0 Å². The quantitative estimate of drug-likeness (QED) is 0.702. The molecule has 0 amide bonds. The first-order chi connectivity index (χ1) is 6.79. The molecule has 14 heavy (non-hydrogen) atoms. The van der Waals surface area contributed by atoms with Gasteiger partial charge in [-0.25, -0.2) is 4.98 Å². The van der Waals surface area contributed by atoms with Crippen LogP contribution in [0.15, 0.2) is 30.0 Å². The lowest BCUT2D eigenvalue weighted by Crippen LogP contribution is -1.78. The van der Waals surface area contributed by atoms with Gasteiger partial charge in [0.1, 0.15) is 5.01 Å². The number of methoxy groups -OCH3 is 1. The van der Waals surface area contributed by atoms with Gasteiger partial charge in [-0.05, 0) is 19.1 Å². The molecule has 0 unspecified atom stereocenters. The van der Waals surface area contributed by atoms with E-state index in [4.69, 9.17) is 4.74 Å². The summed E-state index contributed by atoms with van der Waals surface area (Å²) in [4.78, 5) is 4.46. The van der Waals surface area contributed by atoms with Crippen LogP contribution >= 0.6 is 11.3 Å². The number of thiazole rings is 1. The first-order valence-electron chi connectivity index (χ1n) is 4.37. The maximum atomic E-state index is 5.08. The summed E-state index contributed by atoms with van der Waals surface area (Å²) in [6, 6.07) is 8.12. The molecule has 0 fully saturated rings. The van der Waals surface area contributed by atoms with Crippen molar-refractivity contribution in [3.8, 4) is 0 Å². The predicted octanol–water partition coefficient (Wildman–Crippen LogP) is 3.30. The second-order valence-electron chi connectivity index (χ2n) is 2.98. The van der Waals surface area contributed by atoms with Crippen molar-refractivity contribution < 1.29 is 4.74 Å². The van der Waals surface area contributed by atoms with E-state index in [1.54, 1.807) is 18.4 Å². The minimum absolute atomic E-state index is 0.879. The Kier molecular flexibility index (Phi) is 2.50. The minimum atomic E-state index is 0.879. The van der Waals surface area contributed by atoms with E-state index in [1.807, 2.05) is 31.2 Å². The minimum Gasteiger partial charge on any atom is -0.501 e. The monoisotopic (exact) mass is 205 g/mol. The lowest BCUT2D eigenvalue weighted by atomic mass is 10.3. The fourth-order valence-corrected chi connectivity index (χ4v) is 2.14. The fourth-order valence-electron chi connectivity index (χ4n) is 1.18. The number of fused-ring (bicyclic) bond motifs is 1. The molecule has 0 saturated carbocycles. The van der Waals surface area contributed by atoms with Crippen LogP contribution in [0, 0.1) is 0 Å². The van der Waals surface area contributed by atoms with Crippen LogP contribution in [-0.4, -0.2) is 12.1 Å². The van der Waals surface area contributed by atoms with E-state index < -0.39 is 0 Å². The second kappa shape index (κ2) is 3.80. The van der Waals surface area contributed by atoms with Crippen LogP contribution < -0.4 is 0 Å². The highest BCUT2D eigenvalue weighted by atomic mass is 32.1. The van der Waals surface area contributed by atoms with Crippen LogP contribution in [0.5, 0.6) is 0 Å². The molecule has 72 valence electrons. The number of ether oxygens (including phenoxy) is 1. The van der Waals surface area contributed by atoms with Gasteiger partial charge in [0.2, 0.25) is 0 Å². The highest BCUT2D eigenvalue weighted by Crippen LogP contribution is 2.23. The number of hydrogen-bond donors (Lipinski definition) is 0. The molecule has 0 radical (unpaired) electrons. The van der Waals surface area contributed by atoms with E-state index in [0.717, 1.165) is 16.3 Å². The number of nitrogens with zero attached hydrogens (tertiary/aromatic N) is 1. The Morgan fingerprint density at radius 2 is 2.21 bits per heavy atom. The van der Waals surface area contributed by atoms with E-state index in [1.165, 1.54) is 4.70 Å². The third kappa shape index (κ3) is 1.77. The zero-order chi connectivity index (χ0) is 9.97. The Labute approximate surface area is 86.9 Å². The van der Waals surface area contributed by atoms with Gasteiger partial charge in [-0.2, -0.15) is 0 Å². The molecule has 0 aliphatic rings. The molecule has 0 bridgehead atoms. The average molecular weight is 205 g/mol. The molecule has 3 heteroatoms. The van der Waals surface area contributed by atoms with Crippen molar-refractivity contribution in [1.82, 2.24) is 4.98 Å². The largest absolute Gasteiger partial charge is 0.501 e. The van der Waals surface area contributed by atoms with Gasteiger partial charge >= 0.3 is 0 Å². The van der Waals surface area contributed by atoms with Crippen molar-refractivity contribution in [3.05, 3.63) is 35.0 Å². The average Bonchev–Trinajstić information content (AvgIpc) is 2.59. The third-order valence-corrected chi connectivity index (χ3v) is 2.94. The van der Waals surface area contributed by atoms with Crippen molar-refractivity contribution in [3.63, 3.8) is 0 Å². The molecular weight excluding hydrogens is 194 g/mol. The summed E-state index contributed by atoms with van der Waals surface area (Å²) >= 11 is 1.67. The molecular formula is C11H11NOS. The van der Waals surface area contributed by atoms with Gasteiger partial charge < -0.3 is 4.74 Å². The number of para-hydroxylation sites is 1. The Bertz CT molecular complexity index is 440. The predicted molar refractivity (Wildman–Crippen MR) is 60.3 cm³/mol. The summed E-state index contributed by atoms with van der Waals surface area (Å²) in [7, 11) is 1.67. The van der Waals surface area contributed by atoms with Crippen molar-refractivity contribution in [2.75, 3.05) is 7.11 Å². The Hall–Kier alpha value is -1.35. The highest BCUT2D eigenvalue weighted by Gasteiger charge is 2.00. The lowest BCUT2D eigenvalue weighted by molar-refractivity contribution is 0.297. The van der Waals surface area contributed by atoms with Gasteiger partial charge in [-0.1, -0.05) is 12.1 Å². The standard InChI is InChI=1S/C11H11NOS/c1-8(13-2)7-11-12-9-5-3-4-6-10(9)14-11/h3-7H,1-2H3/b8-7-. The molecule has 2 nitrogen and oxygen atoms in total. The molecule has 0 atom stereocenters. The number of aromatic nitrogens is 1. The Morgan fingerprint density at radius 3 is 2.93 bits per heavy atom. The van der Waals surface area contributed by atoms with Gasteiger partial charge in [0.05, 0.1) is 23.1 Å². The van der Waals surface area contributed by atoms with Crippen LogP contribution in [0.25, 0.3) is 16.3 Å². The van der Waals surface area contributed by atoms with Gasteiger partial charge in [-0.15, -0.1) is 11.3 Å². The van der Waals surface area contributed by atoms with Crippen molar-refractivity contribution >= 4 is 27.6 Å². The smallest absolute Gasteiger partial charge is 0.120 e. The highest BCUT2D eigenvalue weighted by molar-refractivity contribution is 7.19. The molecule has 1 aromatic heterocycles. The topological polar surface area (TPSA) is 22.1 Å². The number of rotatable bonds is 2. The molecule has 2 rings (SSSR count). The molecule has 2 aromatic rings. The maximum Gasteiger partial charge on any atom is 0.120 e. The lowest BCUT2D eigenvalue weighted by Gasteiger charge is -1.94. The zero-order valence-corrected chi connectivity index (χ0v) is 8.97. The summed E-state index contributed by atoms with van der Waals surface area (Å²) in [5, 5.41) is 0.991.